The maximum atomic E-state index is 6.22. The molecule has 104 valence electrons. The van der Waals surface area contributed by atoms with E-state index in [2.05, 4.69) is 11.8 Å². The lowest BCUT2D eigenvalue weighted by Gasteiger charge is -2.51. The zero-order chi connectivity index (χ0) is 12.6. The molecule has 0 spiro atoms. The zero-order valence-corrected chi connectivity index (χ0v) is 12.0. The number of piperidine rings is 1. The van der Waals surface area contributed by atoms with Gasteiger partial charge in [0.25, 0.3) is 0 Å². The lowest BCUT2D eigenvalue weighted by molar-refractivity contribution is -0.00898. The fourth-order valence-corrected chi connectivity index (χ4v) is 5.14. The Hall–Kier alpha value is -0.0800. The summed E-state index contributed by atoms with van der Waals surface area (Å²) in [6, 6.07) is 0. The van der Waals surface area contributed by atoms with E-state index in [0.29, 0.717) is 5.54 Å². The van der Waals surface area contributed by atoms with Crippen LogP contribution in [0.5, 0.6) is 0 Å². The predicted octanol–water partition coefficient (Wildman–Crippen LogP) is 3.02. The quantitative estimate of drug-likeness (QED) is 0.816. The molecule has 3 rings (SSSR count). The predicted molar refractivity (Wildman–Crippen MR) is 76.4 cm³/mol. The number of fused-ring (bicyclic) bond motifs is 1. The van der Waals surface area contributed by atoms with Crippen molar-refractivity contribution in [2.45, 2.75) is 63.8 Å². The molecule has 0 bridgehead atoms. The van der Waals surface area contributed by atoms with Gasteiger partial charge in [0.2, 0.25) is 0 Å². The number of likely N-dealkylation sites (tertiary alicyclic amines) is 1. The van der Waals surface area contributed by atoms with Crippen LogP contribution < -0.4 is 5.73 Å². The Morgan fingerprint density at radius 2 is 1.83 bits per heavy atom. The molecule has 0 aromatic heterocycles. The minimum absolute atomic E-state index is 0.364. The van der Waals surface area contributed by atoms with Crippen LogP contribution in [0.3, 0.4) is 0 Å². The van der Waals surface area contributed by atoms with E-state index in [-0.39, 0.29) is 0 Å². The van der Waals surface area contributed by atoms with Crippen molar-refractivity contribution >= 4 is 0 Å². The van der Waals surface area contributed by atoms with Crippen molar-refractivity contribution in [1.82, 2.24) is 4.90 Å². The van der Waals surface area contributed by atoms with Crippen LogP contribution >= 0.6 is 0 Å². The molecular formula is C16H30N2. The van der Waals surface area contributed by atoms with E-state index in [1.54, 1.807) is 0 Å². The summed E-state index contributed by atoms with van der Waals surface area (Å²) in [6.07, 6.45) is 11.5. The van der Waals surface area contributed by atoms with Crippen molar-refractivity contribution in [3.63, 3.8) is 0 Å². The summed E-state index contributed by atoms with van der Waals surface area (Å²) in [5, 5.41) is 0. The van der Waals surface area contributed by atoms with Crippen LogP contribution in [0.2, 0.25) is 0 Å². The molecule has 0 aromatic rings. The zero-order valence-electron chi connectivity index (χ0n) is 12.0. The Morgan fingerprint density at radius 1 is 1.06 bits per heavy atom. The van der Waals surface area contributed by atoms with Crippen molar-refractivity contribution in [3.8, 4) is 0 Å². The third-order valence-electron chi connectivity index (χ3n) is 6.44. The first kappa shape index (κ1) is 12.9. The van der Waals surface area contributed by atoms with Crippen molar-refractivity contribution in [2.24, 2.45) is 23.5 Å². The van der Waals surface area contributed by atoms with Gasteiger partial charge >= 0.3 is 0 Å². The molecular weight excluding hydrogens is 220 g/mol. The highest BCUT2D eigenvalue weighted by molar-refractivity contribution is 5.02. The lowest BCUT2D eigenvalue weighted by Crippen LogP contribution is -2.59. The second-order valence-electron chi connectivity index (χ2n) is 7.14. The second kappa shape index (κ2) is 5.13. The Labute approximate surface area is 112 Å². The van der Waals surface area contributed by atoms with E-state index in [0.717, 1.165) is 24.3 Å². The number of rotatable bonds is 2. The van der Waals surface area contributed by atoms with E-state index in [9.17, 15) is 0 Å². The molecule has 2 N–H and O–H groups in total. The fraction of sp³-hybridized carbons (Fsp3) is 1.00. The van der Waals surface area contributed by atoms with Gasteiger partial charge in [0.15, 0.2) is 0 Å². The topological polar surface area (TPSA) is 29.3 Å². The summed E-state index contributed by atoms with van der Waals surface area (Å²) in [6.45, 7) is 5.99. The molecule has 3 fully saturated rings. The maximum absolute atomic E-state index is 6.22. The van der Waals surface area contributed by atoms with Crippen LogP contribution in [-0.4, -0.2) is 30.1 Å². The van der Waals surface area contributed by atoms with Gasteiger partial charge < -0.3 is 5.73 Å². The first-order chi connectivity index (χ1) is 8.76. The molecule has 2 heteroatoms. The van der Waals surface area contributed by atoms with Gasteiger partial charge in [0, 0.05) is 18.6 Å². The average Bonchev–Trinajstić information content (AvgIpc) is 2.80. The van der Waals surface area contributed by atoms with Crippen molar-refractivity contribution in [2.75, 3.05) is 19.6 Å². The summed E-state index contributed by atoms with van der Waals surface area (Å²) in [5.74, 6) is 2.84. The smallest absolute Gasteiger partial charge is 0.0357 e. The Kier molecular flexibility index (Phi) is 3.68. The summed E-state index contributed by atoms with van der Waals surface area (Å²) in [5.41, 5.74) is 6.58. The van der Waals surface area contributed by atoms with Gasteiger partial charge in [-0.05, 0) is 50.0 Å². The van der Waals surface area contributed by atoms with Gasteiger partial charge in [0.05, 0.1) is 0 Å². The van der Waals surface area contributed by atoms with E-state index >= 15 is 0 Å². The highest BCUT2D eigenvalue weighted by atomic mass is 15.2. The largest absolute Gasteiger partial charge is 0.329 e. The van der Waals surface area contributed by atoms with Gasteiger partial charge in [-0.3, -0.25) is 4.90 Å². The van der Waals surface area contributed by atoms with E-state index in [1.165, 1.54) is 64.5 Å². The van der Waals surface area contributed by atoms with Crippen molar-refractivity contribution in [3.05, 3.63) is 0 Å². The Balaban J connectivity index is 1.72. The van der Waals surface area contributed by atoms with Crippen LogP contribution in [0.4, 0.5) is 0 Å². The molecule has 2 saturated carbocycles. The van der Waals surface area contributed by atoms with Crippen molar-refractivity contribution < 1.29 is 0 Å². The van der Waals surface area contributed by atoms with Gasteiger partial charge in [-0.15, -0.1) is 0 Å². The molecule has 1 heterocycles. The third kappa shape index (κ3) is 2.02. The van der Waals surface area contributed by atoms with Gasteiger partial charge in [-0.1, -0.05) is 32.6 Å². The summed E-state index contributed by atoms with van der Waals surface area (Å²) in [7, 11) is 0. The molecule has 3 aliphatic rings. The van der Waals surface area contributed by atoms with Crippen LogP contribution in [0.15, 0.2) is 0 Å². The molecule has 0 amide bonds. The number of nitrogens with zero attached hydrogens (tertiary/aromatic N) is 1. The molecule has 2 nitrogen and oxygen atoms in total. The second-order valence-corrected chi connectivity index (χ2v) is 7.14. The average molecular weight is 250 g/mol. The highest BCUT2D eigenvalue weighted by Crippen LogP contribution is 2.44. The van der Waals surface area contributed by atoms with E-state index in [4.69, 9.17) is 5.73 Å². The molecule has 1 saturated heterocycles. The molecule has 4 unspecified atom stereocenters. The molecule has 4 atom stereocenters. The number of hydrogen-bond donors (Lipinski definition) is 1. The Morgan fingerprint density at radius 3 is 2.50 bits per heavy atom. The van der Waals surface area contributed by atoms with E-state index < -0.39 is 0 Å². The molecule has 18 heavy (non-hydrogen) atoms. The summed E-state index contributed by atoms with van der Waals surface area (Å²) >= 11 is 0. The SMILES string of the molecule is CC1CCCC1(CN)N1CCC2CCCCC2C1. The van der Waals surface area contributed by atoms with E-state index in [1.807, 2.05) is 0 Å². The molecule has 0 radical (unpaired) electrons. The lowest BCUT2D eigenvalue weighted by atomic mass is 9.73. The van der Waals surface area contributed by atoms with Crippen LogP contribution in [0, 0.1) is 17.8 Å². The Bertz CT molecular complexity index is 291. The monoisotopic (exact) mass is 250 g/mol. The first-order valence-corrected chi connectivity index (χ1v) is 8.21. The van der Waals surface area contributed by atoms with Gasteiger partial charge in [-0.25, -0.2) is 0 Å². The molecule has 0 aromatic carbocycles. The minimum Gasteiger partial charge on any atom is -0.329 e. The summed E-state index contributed by atoms with van der Waals surface area (Å²) < 4.78 is 0. The molecule has 2 aliphatic carbocycles. The van der Waals surface area contributed by atoms with Crippen molar-refractivity contribution in [1.29, 1.82) is 0 Å². The standard InChI is InChI=1S/C16H30N2/c1-13-5-4-9-16(13,12-17)18-10-8-14-6-2-3-7-15(14)11-18/h13-15H,2-12,17H2,1H3. The number of nitrogens with two attached hydrogens (primary N) is 1. The van der Waals surface area contributed by atoms with Gasteiger partial charge in [0.1, 0.15) is 0 Å². The minimum atomic E-state index is 0.364. The first-order valence-electron chi connectivity index (χ1n) is 8.21. The normalized spacial score (nSPS) is 46.0. The van der Waals surface area contributed by atoms with Crippen LogP contribution in [0.25, 0.3) is 0 Å². The fourth-order valence-electron chi connectivity index (χ4n) is 5.14. The van der Waals surface area contributed by atoms with Crippen LogP contribution in [-0.2, 0) is 0 Å². The maximum Gasteiger partial charge on any atom is 0.0357 e. The van der Waals surface area contributed by atoms with Gasteiger partial charge in [-0.2, -0.15) is 0 Å². The van der Waals surface area contributed by atoms with Crippen LogP contribution in [0.1, 0.15) is 58.3 Å². The molecule has 1 aliphatic heterocycles. The third-order valence-corrected chi connectivity index (χ3v) is 6.44. The summed E-state index contributed by atoms with van der Waals surface area (Å²) in [4.78, 5) is 2.82. The highest BCUT2D eigenvalue weighted by Gasteiger charge is 2.46. The number of hydrogen-bond acceptors (Lipinski definition) is 2.